The Labute approximate surface area is 219 Å². The predicted octanol–water partition coefficient (Wildman–Crippen LogP) is 2.01. The van der Waals surface area contributed by atoms with Crippen LogP contribution >= 0.6 is 0 Å². The Morgan fingerprint density at radius 2 is 1.79 bits per heavy atom. The quantitative estimate of drug-likeness (QED) is 0.443. The third kappa shape index (κ3) is 5.09. The Kier molecular flexibility index (Phi) is 6.98. The average molecular weight is 562 g/mol. The largest absolute Gasteiger partial charge is 0.389 e. The maximum Gasteiger partial charge on any atom is 0.389 e. The highest BCUT2D eigenvalue weighted by Crippen LogP contribution is 2.44. The molecule has 6 aliphatic rings. The Morgan fingerprint density at radius 1 is 1.11 bits per heavy atom. The molecule has 10 nitrogen and oxygen atoms in total. The summed E-state index contributed by atoms with van der Waals surface area (Å²) < 4.78 is 78.3. The second-order valence-corrected chi connectivity index (χ2v) is 13.3. The minimum Gasteiger partial charge on any atom is -0.380 e. The molecule has 6 atom stereocenters. The molecule has 1 aliphatic carbocycles. The number of alkyl halides is 3. The molecule has 212 valence electrons. The van der Waals surface area contributed by atoms with Crippen LogP contribution < -0.4 is 10.6 Å². The summed E-state index contributed by atoms with van der Waals surface area (Å²) >= 11 is 0. The first-order valence-electron chi connectivity index (χ1n) is 13.5. The van der Waals surface area contributed by atoms with Gasteiger partial charge in [-0.2, -0.15) is 30.2 Å². The number of carbonyl (C=O) groups is 1. The number of carbonyl (C=O) groups excluding carboxylic acids is 1. The maximum absolute atomic E-state index is 13.7. The highest BCUT2D eigenvalue weighted by atomic mass is 32.2. The van der Waals surface area contributed by atoms with Crippen LogP contribution in [0.15, 0.2) is 10.6 Å². The van der Waals surface area contributed by atoms with Crippen LogP contribution in [0.4, 0.5) is 13.2 Å². The molecule has 0 spiro atoms. The van der Waals surface area contributed by atoms with Gasteiger partial charge in [0, 0.05) is 49.7 Å². The van der Waals surface area contributed by atoms with Gasteiger partial charge in [0.2, 0.25) is 0 Å². The van der Waals surface area contributed by atoms with E-state index >= 15 is 0 Å². The normalized spacial score (nSPS) is 34.1. The van der Waals surface area contributed by atoms with E-state index in [0.717, 1.165) is 19.3 Å². The van der Waals surface area contributed by atoms with E-state index in [0.29, 0.717) is 44.9 Å². The number of halogens is 3. The first-order valence-corrected chi connectivity index (χ1v) is 14.9. The highest BCUT2D eigenvalue weighted by molar-refractivity contribution is 7.86. The summed E-state index contributed by atoms with van der Waals surface area (Å²) in [6.45, 7) is 2.20. The SMILES string of the molecule is O=C(NC1C[C@H]2CC[C@@H](C1)N2S(=O)(=O)N1C[C@H]2C[C@@H](C1)C2NCCCC(F)(F)F)c1cc(C2COC2)on1. The molecule has 0 aromatic carbocycles. The molecule has 14 heteroatoms. The monoisotopic (exact) mass is 561 g/mol. The number of rotatable bonds is 9. The van der Waals surface area contributed by atoms with Gasteiger partial charge < -0.3 is 19.9 Å². The van der Waals surface area contributed by atoms with Crippen LogP contribution in [-0.4, -0.2) is 91.3 Å². The van der Waals surface area contributed by atoms with Crippen molar-refractivity contribution in [2.45, 2.75) is 81.2 Å². The van der Waals surface area contributed by atoms with Gasteiger partial charge in [-0.15, -0.1) is 0 Å². The Hall–Kier alpha value is -1.74. The topological polar surface area (TPSA) is 117 Å². The van der Waals surface area contributed by atoms with Crippen LogP contribution in [-0.2, 0) is 14.9 Å². The summed E-state index contributed by atoms with van der Waals surface area (Å²) in [6.07, 6.45) is -1.41. The van der Waals surface area contributed by atoms with Gasteiger partial charge in [0.1, 0.15) is 5.76 Å². The molecule has 5 aliphatic heterocycles. The van der Waals surface area contributed by atoms with Crippen molar-refractivity contribution in [3.63, 3.8) is 0 Å². The van der Waals surface area contributed by atoms with Crippen molar-refractivity contribution in [2.24, 2.45) is 11.8 Å². The van der Waals surface area contributed by atoms with E-state index in [1.54, 1.807) is 14.7 Å². The van der Waals surface area contributed by atoms with E-state index in [1.807, 2.05) is 0 Å². The van der Waals surface area contributed by atoms with Crippen LogP contribution in [0.1, 0.15) is 67.1 Å². The molecule has 1 amide bonds. The average Bonchev–Trinajstić information content (AvgIpc) is 3.40. The minimum absolute atomic E-state index is 0.0313. The summed E-state index contributed by atoms with van der Waals surface area (Å²) in [5.74, 6) is 0.714. The number of piperidine rings is 3. The minimum atomic E-state index is -4.15. The molecule has 6 fully saturated rings. The number of hydrogen-bond acceptors (Lipinski definition) is 7. The molecule has 38 heavy (non-hydrogen) atoms. The van der Waals surface area contributed by atoms with Gasteiger partial charge in [-0.3, -0.25) is 4.79 Å². The van der Waals surface area contributed by atoms with Gasteiger partial charge in [-0.05, 0) is 56.9 Å². The van der Waals surface area contributed by atoms with E-state index < -0.39 is 22.8 Å². The van der Waals surface area contributed by atoms with Crippen molar-refractivity contribution in [1.82, 2.24) is 24.4 Å². The lowest BCUT2D eigenvalue weighted by molar-refractivity contribution is -0.135. The van der Waals surface area contributed by atoms with Gasteiger partial charge in [0.25, 0.3) is 16.1 Å². The number of amides is 1. The predicted molar refractivity (Wildman–Crippen MR) is 128 cm³/mol. The standard InChI is InChI=1S/C24H34F3N5O5S/c25-24(26,27)4-1-5-28-22-14-6-15(22)11-31(10-14)38(34,35)32-18-2-3-19(32)8-17(7-18)29-23(33)20-9-21(37-30-20)16-12-36-13-16/h9,14-19,22,28H,1-8,10-13H2,(H,29,33)/t14-,15+,17?,18-,19+,22?. The number of fused-ring (bicyclic) bond motifs is 4. The molecule has 1 aromatic rings. The van der Waals surface area contributed by atoms with Gasteiger partial charge in [0.15, 0.2) is 5.69 Å². The van der Waals surface area contributed by atoms with E-state index in [2.05, 4.69) is 15.8 Å². The molecule has 7 rings (SSSR count). The molecule has 0 radical (unpaired) electrons. The molecule has 1 saturated carbocycles. The van der Waals surface area contributed by atoms with Crippen molar-refractivity contribution in [3.05, 3.63) is 17.5 Å². The lowest BCUT2D eigenvalue weighted by atomic mass is 9.67. The van der Waals surface area contributed by atoms with Crippen LogP contribution in [0.3, 0.4) is 0 Å². The van der Waals surface area contributed by atoms with Crippen molar-refractivity contribution < 1.29 is 35.6 Å². The van der Waals surface area contributed by atoms with Crippen LogP contribution in [0, 0.1) is 11.8 Å². The summed E-state index contributed by atoms with van der Waals surface area (Å²) in [6, 6.07) is 1.26. The number of nitrogens with one attached hydrogen (secondary N) is 2. The molecular formula is C24H34F3N5O5S. The zero-order valence-electron chi connectivity index (χ0n) is 21.0. The zero-order chi connectivity index (χ0) is 26.7. The first-order chi connectivity index (χ1) is 18.1. The number of hydrogen-bond donors (Lipinski definition) is 2. The number of aromatic nitrogens is 1. The number of nitrogens with zero attached hydrogens (tertiary/aromatic N) is 3. The Bertz CT molecular complexity index is 1120. The van der Waals surface area contributed by atoms with Crippen molar-refractivity contribution in [1.29, 1.82) is 0 Å². The second-order valence-electron chi connectivity index (χ2n) is 11.5. The third-order valence-electron chi connectivity index (χ3n) is 8.91. The maximum atomic E-state index is 13.7. The van der Waals surface area contributed by atoms with Gasteiger partial charge >= 0.3 is 6.18 Å². The van der Waals surface area contributed by atoms with Crippen LogP contribution in [0.25, 0.3) is 0 Å². The van der Waals surface area contributed by atoms with Crippen LogP contribution in [0.2, 0.25) is 0 Å². The lowest BCUT2D eigenvalue weighted by Crippen LogP contribution is -2.66. The molecule has 2 N–H and O–H groups in total. The van der Waals surface area contributed by atoms with Crippen molar-refractivity contribution in [2.75, 3.05) is 32.8 Å². The molecule has 4 bridgehead atoms. The van der Waals surface area contributed by atoms with E-state index in [-0.39, 0.29) is 66.5 Å². The van der Waals surface area contributed by atoms with E-state index in [9.17, 15) is 26.4 Å². The molecule has 2 unspecified atom stereocenters. The van der Waals surface area contributed by atoms with E-state index in [1.165, 1.54) is 0 Å². The van der Waals surface area contributed by atoms with Gasteiger partial charge in [0.05, 0.1) is 19.1 Å². The van der Waals surface area contributed by atoms with Crippen LogP contribution in [0.5, 0.6) is 0 Å². The summed E-state index contributed by atoms with van der Waals surface area (Å²) in [7, 11) is -3.66. The lowest BCUT2D eigenvalue weighted by Gasteiger charge is -2.54. The summed E-state index contributed by atoms with van der Waals surface area (Å²) in [5.41, 5.74) is 0.225. The molecule has 1 aromatic heterocycles. The molecule has 6 heterocycles. The fourth-order valence-corrected chi connectivity index (χ4v) is 9.10. The third-order valence-corrected chi connectivity index (χ3v) is 11.0. The smallest absolute Gasteiger partial charge is 0.380 e. The van der Waals surface area contributed by atoms with Gasteiger partial charge in [-0.1, -0.05) is 5.16 Å². The number of ether oxygens (including phenoxy) is 1. The highest BCUT2D eigenvalue weighted by Gasteiger charge is 2.54. The summed E-state index contributed by atoms with van der Waals surface area (Å²) in [4.78, 5) is 12.8. The van der Waals surface area contributed by atoms with Gasteiger partial charge in [-0.25, -0.2) is 0 Å². The Morgan fingerprint density at radius 3 is 2.39 bits per heavy atom. The summed E-state index contributed by atoms with van der Waals surface area (Å²) in [5, 5.41) is 10.2. The second kappa shape index (κ2) is 10.0. The van der Waals surface area contributed by atoms with Crippen molar-refractivity contribution in [3.8, 4) is 0 Å². The van der Waals surface area contributed by atoms with Crippen molar-refractivity contribution >= 4 is 16.1 Å². The Balaban J connectivity index is 1.01. The molecule has 5 saturated heterocycles. The first kappa shape index (κ1) is 26.5. The fourth-order valence-electron chi connectivity index (χ4n) is 6.93. The van der Waals surface area contributed by atoms with E-state index in [4.69, 9.17) is 9.26 Å². The fraction of sp³-hybridized carbons (Fsp3) is 0.833. The molecular weight excluding hydrogens is 527 g/mol. The zero-order valence-corrected chi connectivity index (χ0v) is 21.8.